The van der Waals surface area contributed by atoms with Crippen molar-refractivity contribution in [3.63, 3.8) is 0 Å². The molecule has 0 atom stereocenters. The van der Waals surface area contributed by atoms with Gasteiger partial charge in [-0.05, 0) is 19.9 Å². The van der Waals surface area contributed by atoms with Crippen LogP contribution in [0.3, 0.4) is 0 Å². The summed E-state index contributed by atoms with van der Waals surface area (Å²) >= 11 is 0. The zero-order valence-corrected chi connectivity index (χ0v) is 10.4. The van der Waals surface area contributed by atoms with Gasteiger partial charge in [0.1, 0.15) is 0 Å². The fourth-order valence-corrected chi connectivity index (χ4v) is 2.88. The van der Waals surface area contributed by atoms with Crippen molar-refractivity contribution in [3.05, 3.63) is 0 Å². The maximum atomic E-state index is 2.69. The summed E-state index contributed by atoms with van der Waals surface area (Å²) in [5.74, 6) is 0. The van der Waals surface area contributed by atoms with E-state index in [-0.39, 0.29) is 0 Å². The smallest absolute Gasteiger partial charge is 0.0261 e. The lowest BCUT2D eigenvalue weighted by Crippen LogP contribution is -2.58. The molecule has 1 saturated carbocycles. The number of piperazine rings is 2. The second kappa shape index (κ2) is 4.61. The highest BCUT2D eigenvalue weighted by Gasteiger charge is 2.32. The highest BCUT2D eigenvalue weighted by molar-refractivity contribution is 4.87. The molecule has 0 aromatic heterocycles. The Morgan fingerprint density at radius 3 is 1.69 bits per heavy atom. The van der Waals surface area contributed by atoms with Crippen molar-refractivity contribution in [2.75, 3.05) is 59.4 Å². The van der Waals surface area contributed by atoms with Crippen molar-refractivity contribution in [1.82, 2.24) is 19.8 Å². The van der Waals surface area contributed by atoms with Crippen molar-refractivity contribution >= 4 is 0 Å². The third-order valence-electron chi connectivity index (χ3n) is 4.23. The fourth-order valence-electron chi connectivity index (χ4n) is 2.88. The van der Waals surface area contributed by atoms with Crippen molar-refractivity contribution in [1.29, 1.82) is 0 Å². The van der Waals surface area contributed by atoms with Crippen LogP contribution in [0.2, 0.25) is 0 Å². The molecule has 0 radical (unpaired) electrons. The molecule has 0 bridgehead atoms. The Morgan fingerprint density at radius 1 is 0.688 bits per heavy atom. The van der Waals surface area contributed by atoms with E-state index in [2.05, 4.69) is 26.9 Å². The average molecular weight is 224 g/mol. The molecule has 3 rings (SSSR count). The molecule has 0 aromatic carbocycles. The SMILES string of the molecule is CN1CCN(N2CCN(C3CC3)CC2)CC1. The molecular formula is C12H24N4. The van der Waals surface area contributed by atoms with Gasteiger partial charge in [0.05, 0.1) is 0 Å². The molecule has 3 fully saturated rings. The van der Waals surface area contributed by atoms with E-state index in [1.54, 1.807) is 0 Å². The minimum absolute atomic E-state index is 0.953. The number of hydrogen-bond donors (Lipinski definition) is 0. The third kappa shape index (κ3) is 2.40. The minimum atomic E-state index is 0.953. The normalized spacial score (nSPS) is 32.1. The first kappa shape index (κ1) is 11.0. The standard InChI is InChI=1S/C12H24N4/c1-13-4-8-15(9-5-13)16-10-6-14(7-11-16)12-2-3-12/h12H,2-11H2,1H3. The molecule has 0 amide bonds. The predicted octanol–water partition coefficient (Wildman–Crippen LogP) is -0.0712. The number of nitrogens with zero attached hydrogens (tertiary/aromatic N) is 4. The first-order valence-corrected chi connectivity index (χ1v) is 6.75. The highest BCUT2D eigenvalue weighted by Crippen LogP contribution is 2.27. The van der Waals surface area contributed by atoms with Gasteiger partial charge in [0, 0.05) is 58.4 Å². The van der Waals surface area contributed by atoms with E-state index >= 15 is 0 Å². The van der Waals surface area contributed by atoms with Crippen LogP contribution in [0, 0.1) is 0 Å². The van der Waals surface area contributed by atoms with Crippen LogP contribution >= 0.6 is 0 Å². The summed E-state index contributed by atoms with van der Waals surface area (Å²) < 4.78 is 0. The summed E-state index contributed by atoms with van der Waals surface area (Å²) in [4.78, 5) is 5.11. The van der Waals surface area contributed by atoms with Crippen LogP contribution in [0.1, 0.15) is 12.8 Å². The van der Waals surface area contributed by atoms with Crippen molar-refractivity contribution < 1.29 is 0 Å². The predicted molar refractivity (Wildman–Crippen MR) is 65.2 cm³/mol. The number of hydrazine groups is 1. The Bertz CT molecular complexity index is 225. The zero-order valence-electron chi connectivity index (χ0n) is 10.4. The zero-order chi connectivity index (χ0) is 11.0. The van der Waals surface area contributed by atoms with E-state index in [0.717, 1.165) is 6.04 Å². The molecule has 0 spiro atoms. The summed E-state index contributed by atoms with van der Waals surface area (Å²) in [6.45, 7) is 9.97. The maximum absolute atomic E-state index is 2.69. The number of hydrogen-bond acceptors (Lipinski definition) is 4. The Morgan fingerprint density at radius 2 is 1.19 bits per heavy atom. The quantitative estimate of drug-likeness (QED) is 0.651. The molecule has 4 heteroatoms. The second-order valence-electron chi connectivity index (χ2n) is 5.48. The van der Waals surface area contributed by atoms with E-state index in [1.807, 2.05) is 0 Å². The van der Waals surface area contributed by atoms with Crippen molar-refractivity contribution in [2.24, 2.45) is 0 Å². The first-order valence-electron chi connectivity index (χ1n) is 6.75. The Hall–Kier alpha value is -0.160. The van der Waals surface area contributed by atoms with Gasteiger partial charge in [-0.25, -0.2) is 10.0 Å². The van der Waals surface area contributed by atoms with Gasteiger partial charge in [-0.1, -0.05) is 0 Å². The van der Waals surface area contributed by atoms with Crippen LogP contribution in [0.4, 0.5) is 0 Å². The summed E-state index contributed by atoms with van der Waals surface area (Å²) in [5, 5.41) is 5.16. The van der Waals surface area contributed by atoms with Crippen LogP contribution in [0.15, 0.2) is 0 Å². The minimum Gasteiger partial charge on any atom is -0.304 e. The molecule has 2 heterocycles. The molecule has 3 aliphatic rings. The largest absolute Gasteiger partial charge is 0.304 e. The molecule has 16 heavy (non-hydrogen) atoms. The van der Waals surface area contributed by atoms with Crippen LogP contribution in [0.25, 0.3) is 0 Å². The average Bonchev–Trinajstić information content (AvgIpc) is 3.14. The molecule has 4 nitrogen and oxygen atoms in total. The fraction of sp³-hybridized carbons (Fsp3) is 1.00. The van der Waals surface area contributed by atoms with E-state index in [9.17, 15) is 0 Å². The van der Waals surface area contributed by atoms with Crippen LogP contribution in [-0.4, -0.2) is 85.3 Å². The second-order valence-corrected chi connectivity index (χ2v) is 5.48. The Kier molecular flexibility index (Phi) is 3.16. The third-order valence-corrected chi connectivity index (χ3v) is 4.23. The molecule has 0 N–H and O–H groups in total. The van der Waals surface area contributed by atoms with E-state index in [1.165, 1.54) is 65.2 Å². The molecule has 92 valence electrons. The molecule has 1 aliphatic carbocycles. The molecule has 2 aliphatic heterocycles. The van der Waals surface area contributed by atoms with Gasteiger partial charge in [-0.15, -0.1) is 0 Å². The molecule has 2 saturated heterocycles. The van der Waals surface area contributed by atoms with Gasteiger partial charge in [0.25, 0.3) is 0 Å². The van der Waals surface area contributed by atoms with E-state index < -0.39 is 0 Å². The summed E-state index contributed by atoms with van der Waals surface area (Å²) in [5.41, 5.74) is 0. The van der Waals surface area contributed by atoms with Gasteiger partial charge in [-0.2, -0.15) is 0 Å². The number of rotatable bonds is 2. The lowest BCUT2D eigenvalue weighted by molar-refractivity contribution is -0.0795. The summed E-state index contributed by atoms with van der Waals surface area (Å²) in [6, 6.07) is 0.953. The molecule has 0 aromatic rings. The number of likely N-dealkylation sites (N-methyl/N-ethyl adjacent to an activating group) is 1. The monoisotopic (exact) mass is 224 g/mol. The van der Waals surface area contributed by atoms with Crippen LogP contribution < -0.4 is 0 Å². The van der Waals surface area contributed by atoms with Gasteiger partial charge in [-0.3, -0.25) is 4.90 Å². The van der Waals surface area contributed by atoms with Crippen molar-refractivity contribution in [2.45, 2.75) is 18.9 Å². The highest BCUT2D eigenvalue weighted by atomic mass is 15.6. The van der Waals surface area contributed by atoms with Gasteiger partial charge in [0.2, 0.25) is 0 Å². The van der Waals surface area contributed by atoms with Crippen LogP contribution in [0.5, 0.6) is 0 Å². The Labute approximate surface area is 98.7 Å². The van der Waals surface area contributed by atoms with Crippen LogP contribution in [-0.2, 0) is 0 Å². The molecule has 0 unspecified atom stereocenters. The maximum Gasteiger partial charge on any atom is 0.0261 e. The summed E-state index contributed by atoms with van der Waals surface area (Å²) in [7, 11) is 2.22. The van der Waals surface area contributed by atoms with E-state index in [4.69, 9.17) is 0 Å². The van der Waals surface area contributed by atoms with E-state index in [0.29, 0.717) is 0 Å². The van der Waals surface area contributed by atoms with Gasteiger partial charge < -0.3 is 4.90 Å². The van der Waals surface area contributed by atoms with Gasteiger partial charge >= 0.3 is 0 Å². The lowest BCUT2D eigenvalue weighted by atomic mass is 10.3. The first-order chi connectivity index (χ1) is 7.83. The molecular weight excluding hydrogens is 200 g/mol. The van der Waals surface area contributed by atoms with Crippen molar-refractivity contribution in [3.8, 4) is 0 Å². The lowest BCUT2D eigenvalue weighted by Gasteiger charge is -2.44. The Balaban J connectivity index is 1.46. The van der Waals surface area contributed by atoms with Gasteiger partial charge in [0.15, 0.2) is 0 Å². The topological polar surface area (TPSA) is 13.0 Å². The summed E-state index contributed by atoms with van der Waals surface area (Å²) in [6.07, 6.45) is 2.91.